The van der Waals surface area contributed by atoms with E-state index in [9.17, 15) is 4.79 Å². The molecular weight excluding hydrogens is 218 g/mol. The highest BCUT2D eigenvalue weighted by Gasteiger charge is 2.13. The summed E-state index contributed by atoms with van der Waals surface area (Å²) in [5, 5.41) is 8.92. The Kier molecular flexibility index (Phi) is 4.53. The van der Waals surface area contributed by atoms with E-state index in [-0.39, 0.29) is 12.4 Å². The van der Waals surface area contributed by atoms with Crippen molar-refractivity contribution in [1.82, 2.24) is 0 Å². The molecule has 0 aromatic heterocycles. The van der Waals surface area contributed by atoms with Crippen molar-refractivity contribution in [2.24, 2.45) is 0 Å². The minimum atomic E-state index is -0.322. The Morgan fingerprint density at radius 1 is 1.41 bits per heavy atom. The van der Waals surface area contributed by atoms with Gasteiger partial charge in [0.2, 0.25) is 0 Å². The van der Waals surface area contributed by atoms with Crippen LogP contribution in [0.4, 0.5) is 0 Å². The van der Waals surface area contributed by atoms with E-state index in [2.05, 4.69) is 10.8 Å². The summed E-state index contributed by atoms with van der Waals surface area (Å²) in [5.74, 6) is 0.322. The van der Waals surface area contributed by atoms with Gasteiger partial charge in [-0.05, 0) is 29.7 Å². The van der Waals surface area contributed by atoms with Crippen LogP contribution in [0.3, 0.4) is 0 Å². The molecule has 0 saturated carbocycles. The van der Waals surface area contributed by atoms with Crippen molar-refractivity contribution in [2.45, 2.75) is 19.8 Å². The van der Waals surface area contributed by atoms with Gasteiger partial charge in [-0.2, -0.15) is 5.26 Å². The number of esters is 1. The smallest absolute Gasteiger partial charge is 0.309 e. The number of benzene rings is 1. The Morgan fingerprint density at radius 2 is 2.12 bits per heavy atom. The van der Waals surface area contributed by atoms with Crippen molar-refractivity contribution in [3.8, 4) is 11.8 Å². The van der Waals surface area contributed by atoms with E-state index >= 15 is 0 Å². The Labute approximate surface area is 101 Å². The third-order valence-electron chi connectivity index (χ3n) is 2.57. The van der Waals surface area contributed by atoms with E-state index < -0.39 is 0 Å². The summed E-state index contributed by atoms with van der Waals surface area (Å²) in [6.45, 7) is 1.98. The summed E-state index contributed by atoms with van der Waals surface area (Å²) in [4.78, 5) is 11.3. The van der Waals surface area contributed by atoms with Crippen molar-refractivity contribution in [3.05, 3.63) is 28.8 Å². The zero-order valence-corrected chi connectivity index (χ0v) is 10.2. The van der Waals surface area contributed by atoms with Gasteiger partial charge in [-0.3, -0.25) is 4.79 Å². The molecule has 0 aliphatic rings. The standard InChI is InChI=1S/C13H15NO3/c1-4-11-10(7-13(15)17-3)5-9(8-14)6-12(11)16-2/h5-6H,4,7H2,1-3H3. The molecule has 4 heteroatoms. The molecule has 17 heavy (non-hydrogen) atoms. The maximum absolute atomic E-state index is 11.3. The molecule has 0 aliphatic carbocycles. The fraction of sp³-hybridized carbons (Fsp3) is 0.385. The van der Waals surface area contributed by atoms with E-state index in [4.69, 9.17) is 10.00 Å². The fourth-order valence-corrected chi connectivity index (χ4v) is 1.74. The minimum Gasteiger partial charge on any atom is -0.496 e. The van der Waals surface area contributed by atoms with Gasteiger partial charge in [0.1, 0.15) is 5.75 Å². The lowest BCUT2D eigenvalue weighted by Crippen LogP contribution is -2.08. The molecule has 0 atom stereocenters. The Hall–Kier alpha value is -2.02. The quantitative estimate of drug-likeness (QED) is 0.744. The molecule has 0 bridgehead atoms. The normalized spacial score (nSPS) is 9.53. The molecule has 0 spiro atoms. The number of carbonyl (C=O) groups is 1. The highest BCUT2D eigenvalue weighted by molar-refractivity contribution is 5.73. The van der Waals surface area contributed by atoms with Crippen LogP contribution >= 0.6 is 0 Å². The largest absolute Gasteiger partial charge is 0.496 e. The average molecular weight is 233 g/mol. The molecule has 0 radical (unpaired) electrons. The van der Waals surface area contributed by atoms with Gasteiger partial charge in [0.05, 0.1) is 32.3 Å². The van der Waals surface area contributed by atoms with Crippen molar-refractivity contribution in [3.63, 3.8) is 0 Å². The first-order valence-electron chi connectivity index (χ1n) is 5.32. The SMILES string of the molecule is CCc1c(CC(=O)OC)cc(C#N)cc1OC. The second-order valence-electron chi connectivity index (χ2n) is 3.53. The fourth-order valence-electron chi connectivity index (χ4n) is 1.74. The van der Waals surface area contributed by atoms with Crippen molar-refractivity contribution < 1.29 is 14.3 Å². The molecule has 0 aliphatic heterocycles. The molecule has 90 valence electrons. The van der Waals surface area contributed by atoms with Crippen LogP contribution in [0, 0.1) is 11.3 Å². The van der Waals surface area contributed by atoms with Gasteiger partial charge in [-0.1, -0.05) is 6.92 Å². The van der Waals surface area contributed by atoms with Gasteiger partial charge in [-0.25, -0.2) is 0 Å². The number of methoxy groups -OCH3 is 2. The minimum absolute atomic E-state index is 0.158. The Bertz CT molecular complexity index is 460. The predicted molar refractivity (Wildman–Crippen MR) is 62.8 cm³/mol. The molecule has 1 rings (SSSR count). The van der Waals surface area contributed by atoms with E-state index in [1.165, 1.54) is 7.11 Å². The van der Waals surface area contributed by atoms with Crippen LogP contribution in [0.1, 0.15) is 23.6 Å². The topological polar surface area (TPSA) is 59.3 Å². The van der Waals surface area contributed by atoms with Gasteiger partial charge in [0.25, 0.3) is 0 Å². The molecular formula is C13H15NO3. The zero-order valence-electron chi connectivity index (χ0n) is 10.2. The van der Waals surface area contributed by atoms with Crippen LogP contribution in [0.5, 0.6) is 5.75 Å². The highest BCUT2D eigenvalue weighted by Crippen LogP contribution is 2.25. The Balaban J connectivity index is 3.25. The lowest BCUT2D eigenvalue weighted by molar-refractivity contribution is -0.139. The summed E-state index contributed by atoms with van der Waals surface area (Å²) in [5.41, 5.74) is 2.21. The van der Waals surface area contributed by atoms with Gasteiger partial charge >= 0.3 is 5.97 Å². The Morgan fingerprint density at radius 3 is 2.59 bits per heavy atom. The molecule has 4 nitrogen and oxygen atoms in total. The number of hydrogen-bond acceptors (Lipinski definition) is 4. The molecule has 0 fully saturated rings. The number of carbonyl (C=O) groups excluding carboxylic acids is 1. The average Bonchev–Trinajstić information content (AvgIpc) is 2.37. The van der Waals surface area contributed by atoms with Crippen molar-refractivity contribution in [1.29, 1.82) is 5.26 Å². The van der Waals surface area contributed by atoms with Gasteiger partial charge in [0, 0.05) is 0 Å². The van der Waals surface area contributed by atoms with Crippen molar-refractivity contribution >= 4 is 5.97 Å². The molecule has 1 aromatic carbocycles. The molecule has 0 N–H and O–H groups in total. The molecule has 0 unspecified atom stereocenters. The molecule has 0 saturated heterocycles. The third-order valence-corrected chi connectivity index (χ3v) is 2.57. The maximum atomic E-state index is 11.3. The van der Waals surface area contributed by atoms with Crippen LogP contribution in [-0.4, -0.2) is 20.2 Å². The zero-order chi connectivity index (χ0) is 12.8. The number of hydrogen-bond donors (Lipinski definition) is 0. The summed E-state index contributed by atoms with van der Waals surface area (Å²) in [6.07, 6.45) is 0.896. The number of ether oxygens (including phenoxy) is 2. The van der Waals surface area contributed by atoms with Gasteiger partial charge in [0.15, 0.2) is 0 Å². The van der Waals surface area contributed by atoms with Crippen LogP contribution in [0.25, 0.3) is 0 Å². The second-order valence-corrected chi connectivity index (χ2v) is 3.53. The van der Waals surface area contributed by atoms with E-state index in [1.54, 1.807) is 19.2 Å². The first-order chi connectivity index (χ1) is 8.15. The van der Waals surface area contributed by atoms with Crippen LogP contribution < -0.4 is 4.74 Å². The molecule has 1 aromatic rings. The summed E-state index contributed by atoms with van der Waals surface area (Å²) in [6, 6.07) is 5.44. The number of rotatable bonds is 4. The number of nitriles is 1. The lowest BCUT2D eigenvalue weighted by Gasteiger charge is -2.12. The summed E-state index contributed by atoms with van der Waals surface area (Å²) < 4.78 is 9.87. The lowest BCUT2D eigenvalue weighted by atomic mass is 9.98. The molecule has 0 heterocycles. The first-order valence-corrected chi connectivity index (χ1v) is 5.32. The first kappa shape index (κ1) is 13.0. The highest BCUT2D eigenvalue weighted by atomic mass is 16.5. The van der Waals surface area contributed by atoms with E-state index in [0.717, 1.165) is 17.5 Å². The summed E-state index contributed by atoms with van der Waals surface area (Å²) >= 11 is 0. The number of nitrogens with zero attached hydrogens (tertiary/aromatic N) is 1. The third kappa shape index (κ3) is 2.97. The molecule has 0 amide bonds. The van der Waals surface area contributed by atoms with Gasteiger partial charge < -0.3 is 9.47 Å². The van der Waals surface area contributed by atoms with Crippen molar-refractivity contribution in [2.75, 3.05) is 14.2 Å². The van der Waals surface area contributed by atoms with Crippen LogP contribution in [0.15, 0.2) is 12.1 Å². The van der Waals surface area contributed by atoms with Crippen LogP contribution in [-0.2, 0) is 22.4 Å². The maximum Gasteiger partial charge on any atom is 0.309 e. The summed E-state index contributed by atoms with van der Waals surface area (Å²) in [7, 11) is 2.90. The predicted octanol–water partition coefficient (Wildman–Crippen LogP) is 1.84. The van der Waals surface area contributed by atoms with Crippen LogP contribution in [0.2, 0.25) is 0 Å². The second kappa shape index (κ2) is 5.90. The monoisotopic (exact) mass is 233 g/mol. The van der Waals surface area contributed by atoms with Gasteiger partial charge in [-0.15, -0.1) is 0 Å². The van der Waals surface area contributed by atoms with E-state index in [0.29, 0.717) is 11.3 Å². The van der Waals surface area contributed by atoms with E-state index in [1.807, 2.05) is 6.92 Å².